The van der Waals surface area contributed by atoms with E-state index in [0.717, 1.165) is 48.2 Å². The number of fused-ring (bicyclic) bond motifs is 1. The summed E-state index contributed by atoms with van der Waals surface area (Å²) < 4.78 is 0. The van der Waals surface area contributed by atoms with Crippen LogP contribution < -0.4 is 5.32 Å². The molecule has 0 amide bonds. The van der Waals surface area contributed by atoms with E-state index >= 15 is 0 Å². The van der Waals surface area contributed by atoms with Gasteiger partial charge in [0.05, 0.1) is 11.0 Å². The van der Waals surface area contributed by atoms with Gasteiger partial charge in [-0.05, 0) is 45.0 Å². The summed E-state index contributed by atoms with van der Waals surface area (Å²) in [5, 5.41) is 3.16. The van der Waals surface area contributed by atoms with Gasteiger partial charge in [-0.3, -0.25) is 4.79 Å². The number of hydrogen-bond donors (Lipinski definition) is 2. The molecule has 100 valence electrons. The van der Waals surface area contributed by atoms with Crippen molar-refractivity contribution in [3.8, 4) is 0 Å². The molecule has 1 saturated carbocycles. The number of hydrogen-bond acceptors (Lipinski definition) is 3. The number of aryl methyl sites for hydroxylation is 1. The van der Waals surface area contributed by atoms with Crippen molar-refractivity contribution in [1.82, 2.24) is 15.3 Å². The van der Waals surface area contributed by atoms with E-state index in [1.54, 1.807) is 0 Å². The number of Topliss-reactive ketones (excluding diaryl/α,β-unsaturated/α-hetero) is 1. The van der Waals surface area contributed by atoms with Crippen molar-refractivity contribution in [1.29, 1.82) is 0 Å². The number of ketones is 1. The summed E-state index contributed by atoms with van der Waals surface area (Å²) in [4.78, 5) is 20.3. The van der Waals surface area contributed by atoms with Crippen LogP contribution in [0.2, 0.25) is 0 Å². The van der Waals surface area contributed by atoms with Crippen molar-refractivity contribution in [2.45, 2.75) is 26.2 Å². The molecule has 1 aliphatic rings. The maximum atomic E-state index is 12.7. The number of carbonyl (C=O) groups excluding carboxylic acids is 1. The number of carbonyl (C=O) groups is 1. The molecule has 3 rings (SSSR count). The summed E-state index contributed by atoms with van der Waals surface area (Å²) in [6, 6.07) is 5.77. The Hall–Kier alpha value is -1.68. The highest BCUT2D eigenvalue weighted by molar-refractivity contribution is 6.03. The van der Waals surface area contributed by atoms with Gasteiger partial charge < -0.3 is 10.3 Å². The molecule has 0 radical (unpaired) electrons. The number of imidazole rings is 1. The van der Waals surface area contributed by atoms with Crippen LogP contribution in [0.3, 0.4) is 0 Å². The third-order valence-electron chi connectivity index (χ3n) is 4.17. The van der Waals surface area contributed by atoms with Crippen molar-refractivity contribution < 1.29 is 4.79 Å². The second kappa shape index (κ2) is 4.46. The summed E-state index contributed by atoms with van der Waals surface area (Å²) in [5.41, 5.74) is 2.48. The number of nitrogens with zero attached hydrogens (tertiary/aromatic N) is 1. The summed E-state index contributed by atoms with van der Waals surface area (Å²) in [7, 11) is 1.91. The molecule has 0 spiro atoms. The van der Waals surface area contributed by atoms with E-state index in [-0.39, 0.29) is 11.2 Å². The Balaban J connectivity index is 1.96. The first kappa shape index (κ1) is 12.4. The lowest BCUT2D eigenvalue weighted by atomic mass is 9.64. The molecule has 2 N–H and O–H groups in total. The fourth-order valence-electron chi connectivity index (χ4n) is 3.01. The summed E-state index contributed by atoms with van der Waals surface area (Å²) in [6.07, 6.45) is 3.14. The van der Waals surface area contributed by atoms with E-state index in [4.69, 9.17) is 0 Å². The van der Waals surface area contributed by atoms with Crippen LogP contribution in [0.25, 0.3) is 11.0 Å². The van der Waals surface area contributed by atoms with Gasteiger partial charge in [0, 0.05) is 17.5 Å². The van der Waals surface area contributed by atoms with Crippen molar-refractivity contribution in [2.75, 3.05) is 13.6 Å². The van der Waals surface area contributed by atoms with Crippen molar-refractivity contribution in [3.05, 3.63) is 29.6 Å². The van der Waals surface area contributed by atoms with Crippen LogP contribution in [0.4, 0.5) is 0 Å². The number of rotatable bonds is 4. The molecule has 4 heteroatoms. The third-order valence-corrected chi connectivity index (χ3v) is 4.17. The first-order chi connectivity index (χ1) is 9.14. The SMILES string of the molecule is CNCC1(C(=O)c2ccc3nc(C)[nH]c3c2)CCC1. The molecule has 1 fully saturated rings. The quantitative estimate of drug-likeness (QED) is 0.827. The number of aromatic nitrogens is 2. The Bertz CT molecular complexity index is 625. The van der Waals surface area contributed by atoms with E-state index in [0.29, 0.717) is 0 Å². The van der Waals surface area contributed by atoms with Crippen LogP contribution in [-0.2, 0) is 0 Å². The Morgan fingerprint density at radius 3 is 2.89 bits per heavy atom. The van der Waals surface area contributed by atoms with Crippen molar-refractivity contribution in [2.24, 2.45) is 5.41 Å². The summed E-state index contributed by atoms with van der Waals surface area (Å²) >= 11 is 0. The lowest BCUT2D eigenvalue weighted by molar-refractivity contribution is 0.0614. The first-order valence-electron chi connectivity index (χ1n) is 6.80. The van der Waals surface area contributed by atoms with Gasteiger partial charge >= 0.3 is 0 Å². The normalized spacial score (nSPS) is 17.4. The minimum atomic E-state index is -0.183. The average Bonchev–Trinajstić information content (AvgIpc) is 2.72. The summed E-state index contributed by atoms with van der Waals surface area (Å²) in [6.45, 7) is 2.70. The van der Waals surface area contributed by atoms with Crippen LogP contribution in [0, 0.1) is 12.3 Å². The largest absolute Gasteiger partial charge is 0.342 e. The molecule has 0 aliphatic heterocycles. The zero-order valence-corrected chi connectivity index (χ0v) is 11.4. The molecule has 4 nitrogen and oxygen atoms in total. The zero-order valence-electron chi connectivity index (χ0n) is 11.4. The van der Waals surface area contributed by atoms with Gasteiger partial charge in [-0.2, -0.15) is 0 Å². The number of H-pyrrole nitrogens is 1. The number of benzene rings is 1. The maximum absolute atomic E-state index is 12.7. The van der Waals surface area contributed by atoms with E-state index in [9.17, 15) is 4.79 Å². The predicted octanol–water partition coefficient (Wildman–Crippen LogP) is 2.44. The van der Waals surface area contributed by atoms with Gasteiger partial charge in [0.2, 0.25) is 0 Å². The van der Waals surface area contributed by atoms with Crippen LogP contribution in [0.15, 0.2) is 18.2 Å². The molecule has 0 saturated heterocycles. The molecule has 0 unspecified atom stereocenters. The zero-order chi connectivity index (χ0) is 13.5. The van der Waals surface area contributed by atoms with Crippen LogP contribution in [0.1, 0.15) is 35.4 Å². The minimum absolute atomic E-state index is 0.183. The monoisotopic (exact) mass is 257 g/mol. The molecular formula is C15H19N3O. The van der Waals surface area contributed by atoms with Gasteiger partial charge in [-0.1, -0.05) is 6.42 Å². The van der Waals surface area contributed by atoms with Crippen LogP contribution in [-0.4, -0.2) is 29.3 Å². The third kappa shape index (κ3) is 1.96. The average molecular weight is 257 g/mol. The maximum Gasteiger partial charge on any atom is 0.170 e. The smallest absolute Gasteiger partial charge is 0.170 e. The Kier molecular flexibility index (Phi) is 2.90. The van der Waals surface area contributed by atoms with Gasteiger partial charge in [-0.15, -0.1) is 0 Å². The highest BCUT2D eigenvalue weighted by Gasteiger charge is 2.43. The Labute approximate surface area is 112 Å². The minimum Gasteiger partial charge on any atom is -0.342 e. The second-order valence-corrected chi connectivity index (χ2v) is 5.55. The summed E-state index contributed by atoms with van der Waals surface area (Å²) in [5.74, 6) is 1.15. The molecule has 19 heavy (non-hydrogen) atoms. The number of nitrogens with one attached hydrogen (secondary N) is 2. The molecule has 0 atom stereocenters. The molecular weight excluding hydrogens is 238 g/mol. The highest BCUT2D eigenvalue weighted by atomic mass is 16.1. The second-order valence-electron chi connectivity index (χ2n) is 5.55. The highest BCUT2D eigenvalue weighted by Crippen LogP contribution is 2.43. The van der Waals surface area contributed by atoms with E-state index in [1.165, 1.54) is 0 Å². The molecule has 1 aromatic carbocycles. The Morgan fingerprint density at radius 2 is 2.26 bits per heavy atom. The predicted molar refractivity (Wildman–Crippen MR) is 75.4 cm³/mol. The lowest BCUT2D eigenvalue weighted by Gasteiger charge is -2.40. The number of aromatic amines is 1. The molecule has 0 bridgehead atoms. The van der Waals surface area contributed by atoms with E-state index in [1.807, 2.05) is 32.2 Å². The van der Waals surface area contributed by atoms with E-state index < -0.39 is 0 Å². The first-order valence-corrected chi connectivity index (χ1v) is 6.80. The Morgan fingerprint density at radius 1 is 1.47 bits per heavy atom. The fourth-order valence-corrected chi connectivity index (χ4v) is 3.01. The lowest BCUT2D eigenvalue weighted by Crippen LogP contribution is -2.45. The van der Waals surface area contributed by atoms with Crippen LogP contribution in [0.5, 0.6) is 0 Å². The van der Waals surface area contributed by atoms with Crippen molar-refractivity contribution >= 4 is 16.8 Å². The van der Waals surface area contributed by atoms with Crippen molar-refractivity contribution in [3.63, 3.8) is 0 Å². The van der Waals surface area contributed by atoms with Gasteiger partial charge in [0.1, 0.15) is 5.82 Å². The molecule has 2 aromatic rings. The van der Waals surface area contributed by atoms with Gasteiger partial charge in [0.15, 0.2) is 5.78 Å². The fraction of sp³-hybridized carbons (Fsp3) is 0.467. The molecule has 1 aromatic heterocycles. The topological polar surface area (TPSA) is 57.8 Å². The molecule has 1 aliphatic carbocycles. The molecule has 1 heterocycles. The van der Waals surface area contributed by atoms with Gasteiger partial charge in [0.25, 0.3) is 0 Å². The standard InChI is InChI=1S/C15H19N3O/c1-10-17-12-5-4-11(8-13(12)18-10)14(19)15(9-16-2)6-3-7-15/h4-5,8,16H,3,6-7,9H2,1-2H3,(H,17,18). The van der Waals surface area contributed by atoms with Crippen LogP contribution >= 0.6 is 0 Å². The van der Waals surface area contributed by atoms with E-state index in [2.05, 4.69) is 15.3 Å². The van der Waals surface area contributed by atoms with Gasteiger partial charge in [-0.25, -0.2) is 4.98 Å².